The predicted octanol–water partition coefficient (Wildman–Crippen LogP) is -2.97. The molecule has 0 aliphatic heterocycles. The number of esters is 1. The second-order valence-electron chi connectivity index (χ2n) is 3.84. The number of Topliss-reactive ketones (excluding diaryl/α,β-unsaturated/α-hetero) is 1. The molecule has 4 nitrogen and oxygen atoms in total. The summed E-state index contributed by atoms with van der Waals surface area (Å²) >= 11 is 0. The number of carbonyl (C=O) groups excluding carboxylic acids is 2. The topological polar surface area (TPSA) is 71.0 Å². The first kappa shape index (κ1) is 16.8. The van der Waals surface area contributed by atoms with Gasteiger partial charge in [-0.25, -0.2) is 0 Å². The summed E-state index contributed by atoms with van der Waals surface area (Å²) in [6.45, 7) is 4.28. The van der Waals surface area contributed by atoms with Crippen molar-refractivity contribution in [3.63, 3.8) is 0 Å². The SMILES string of the molecule is COC(=O)[C@@H](CC(=O)C[NH3+])CC(C)C.[Cl-]. The zero-order valence-corrected chi connectivity index (χ0v) is 10.3. The van der Waals surface area contributed by atoms with Crippen LogP contribution in [0.1, 0.15) is 26.7 Å². The largest absolute Gasteiger partial charge is 1.00 e. The van der Waals surface area contributed by atoms with E-state index in [-0.39, 0.29) is 43.0 Å². The van der Waals surface area contributed by atoms with Gasteiger partial charge in [-0.2, -0.15) is 0 Å². The highest BCUT2D eigenvalue weighted by atomic mass is 35.5. The van der Waals surface area contributed by atoms with Crippen molar-refractivity contribution < 1.29 is 32.5 Å². The Morgan fingerprint density at radius 1 is 1.33 bits per heavy atom. The third-order valence-electron chi connectivity index (χ3n) is 2.04. The zero-order valence-electron chi connectivity index (χ0n) is 9.59. The molecule has 0 aromatic carbocycles. The van der Waals surface area contributed by atoms with Gasteiger partial charge in [0.1, 0.15) is 6.54 Å². The van der Waals surface area contributed by atoms with E-state index in [0.29, 0.717) is 12.3 Å². The Balaban J connectivity index is 0. The highest BCUT2D eigenvalue weighted by molar-refractivity contribution is 5.84. The van der Waals surface area contributed by atoms with Crippen LogP contribution in [0.2, 0.25) is 0 Å². The molecule has 0 fully saturated rings. The molecule has 0 aliphatic rings. The molecule has 0 aliphatic carbocycles. The average molecular weight is 238 g/mol. The molecule has 3 N–H and O–H groups in total. The number of methoxy groups -OCH3 is 1. The van der Waals surface area contributed by atoms with Crippen LogP contribution in [0.5, 0.6) is 0 Å². The Morgan fingerprint density at radius 3 is 2.20 bits per heavy atom. The van der Waals surface area contributed by atoms with Gasteiger partial charge in [0, 0.05) is 6.42 Å². The first-order chi connectivity index (χ1) is 6.51. The van der Waals surface area contributed by atoms with Crippen LogP contribution < -0.4 is 18.1 Å². The number of ketones is 1. The van der Waals surface area contributed by atoms with E-state index in [9.17, 15) is 9.59 Å². The lowest BCUT2D eigenvalue weighted by atomic mass is 9.92. The maximum atomic E-state index is 11.3. The minimum absolute atomic E-state index is 0. The van der Waals surface area contributed by atoms with Crippen molar-refractivity contribution in [3.8, 4) is 0 Å². The summed E-state index contributed by atoms with van der Waals surface area (Å²) in [6.07, 6.45) is 0.951. The number of rotatable bonds is 6. The molecule has 0 unspecified atom stereocenters. The van der Waals surface area contributed by atoms with E-state index >= 15 is 0 Å². The molecule has 0 aromatic heterocycles. The van der Waals surface area contributed by atoms with Gasteiger partial charge in [-0.15, -0.1) is 0 Å². The number of carbonyl (C=O) groups is 2. The van der Waals surface area contributed by atoms with Gasteiger partial charge in [-0.1, -0.05) is 13.8 Å². The van der Waals surface area contributed by atoms with Crippen LogP contribution in [0.25, 0.3) is 0 Å². The van der Waals surface area contributed by atoms with Crippen molar-refractivity contribution in [2.75, 3.05) is 13.7 Å². The summed E-state index contributed by atoms with van der Waals surface area (Å²) in [6, 6.07) is 0. The molecule has 0 spiro atoms. The second-order valence-corrected chi connectivity index (χ2v) is 3.84. The fraction of sp³-hybridized carbons (Fsp3) is 0.800. The van der Waals surface area contributed by atoms with Crippen molar-refractivity contribution in [1.82, 2.24) is 0 Å². The summed E-state index contributed by atoms with van der Waals surface area (Å²) in [5, 5.41) is 0. The third-order valence-corrected chi connectivity index (χ3v) is 2.04. The van der Waals surface area contributed by atoms with Gasteiger partial charge in [-0.3, -0.25) is 9.59 Å². The molecule has 0 saturated carbocycles. The van der Waals surface area contributed by atoms with E-state index in [0.717, 1.165) is 0 Å². The van der Waals surface area contributed by atoms with Crippen LogP contribution in [0.3, 0.4) is 0 Å². The summed E-state index contributed by atoms with van der Waals surface area (Å²) in [5.74, 6) is -0.187. The third kappa shape index (κ3) is 7.33. The standard InChI is InChI=1S/C10H19NO3.ClH/c1-7(2)4-8(10(13)14-3)5-9(12)6-11;/h7-8H,4-6,11H2,1-3H3;1H/t8-;/m1./s1. The van der Waals surface area contributed by atoms with Gasteiger partial charge in [0.25, 0.3) is 0 Å². The Hall–Kier alpha value is -0.610. The van der Waals surface area contributed by atoms with Gasteiger partial charge in [0.15, 0.2) is 5.78 Å². The van der Waals surface area contributed by atoms with E-state index in [1.54, 1.807) is 0 Å². The average Bonchev–Trinajstić information content (AvgIpc) is 2.14. The number of hydrogen-bond acceptors (Lipinski definition) is 3. The lowest BCUT2D eigenvalue weighted by Crippen LogP contribution is -3.00. The minimum Gasteiger partial charge on any atom is -1.00 e. The van der Waals surface area contributed by atoms with Crippen LogP contribution >= 0.6 is 0 Å². The van der Waals surface area contributed by atoms with Crippen molar-refractivity contribution in [3.05, 3.63) is 0 Å². The number of hydrogen-bond donors (Lipinski definition) is 1. The first-order valence-corrected chi connectivity index (χ1v) is 4.90. The van der Waals surface area contributed by atoms with Gasteiger partial charge < -0.3 is 22.9 Å². The lowest BCUT2D eigenvalue weighted by molar-refractivity contribution is -0.354. The molecule has 1 atom stereocenters. The fourth-order valence-electron chi connectivity index (χ4n) is 1.38. The molecule has 0 rings (SSSR count). The first-order valence-electron chi connectivity index (χ1n) is 4.90. The van der Waals surface area contributed by atoms with E-state index in [4.69, 9.17) is 0 Å². The molecule has 15 heavy (non-hydrogen) atoms. The Labute approximate surface area is 97.0 Å². The Morgan fingerprint density at radius 2 is 1.87 bits per heavy atom. The second kappa shape index (κ2) is 8.68. The van der Waals surface area contributed by atoms with Crippen LogP contribution in [-0.2, 0) is 14.3 Å². The summed E-state index contributed by atoms with van der Waals surface area (Å²) in [7, 11) is 1.35. The quantitative estimate of drug-likeness (QED) is 0.502. The monoisotopic (exact) mass is 237 g/mol. The van der Waals surface area contributed by atoms with Crippen LogP contribution in [-0.4, -0.2) is 25.4 Å². The van der Waals surface area contributed by atoms with Crippen LogP contribution in [0, 0.1) is 11.8 Å². The number of quaternary nitrogens is 1. The molecule has 5 heteroatoms. The predicted molar refractivity (Wildman–Crippen MR) is 52.3 cm³/mol. The van der Waals surface area contributed by atoms with Crippen LogP contribution in [0.4, 0.5) is 0 Å². The molecule has 90 valence electrons. The highest BCUT2D eigenvalue weighted by Gasteiger charge is 2.23. The van der Waals surface area contributed by atoms with Gasteiger partial charge in [0.2, 0.25) is 0 Å². The van der Waals surface area contributed by atoms with E-state index in [2.05, 4.69) is 10.5 Å². The summed E-state index contributed by atoms with van der Waals surface area (Å²) in [5.41, 5.74) is 3.50. The summed E-state index contributed by atoms with van der Waals surface area (Å²) < 4.78 is 4.65. The molecule has 0 radical (unpaired) electrons. The maximum absolute atomic E-state index is 11.3. The van der Waals surface area contributed by atoms with E-state index in [1.165, 1.54) is 7.11 Å². The van der Waals surface area contributed by atoms with E-state index in [1.807, 2.05) is 13.8 Å². The lowest BCUT2D eigenvalue weighted by Gasteiger charge is -2.14. The Kier molecular flexibility index (Phi) is 9.72. The molecule has 0 saturated heterocycles. The fourth-order valence-corrected chi connectivity index (χ4v) is 1.38. The molecular weight excluding hydrogens is 218 g/mol. The molecule has 0 heterocycles. The van der Waals surface area contributed by atoms with Crippen LogP contribution in [0.15, 0.2) is 0 Å². The zero-order chi connectivity index (χ0) is 11.1. The smallest absolute Gasteiger partial charge is 0.309 e. The number of ether oxygens (including phenoxy) is 1. The van der Waals surface area contributed by atoms with Crippen molar-refractivity contribution in [2.45, 2.75) is 26.7 Å². The summed E-state index contributed by atoms with van der Waals surface area (Å²) in [4.78, 5) is 22.5. The maximum Gasteiger partial charge on any atom is 0.309 e. The normalized spacial score (nSPS) is 11.8. The van der Waals surface area contributed by atoms with Gasteiger partial charge >= 0.3 is 5.97 Å². The van der Waals surface area contributed by atoms with Crippen molar-refractivity contribution in [1.29, 1.82) is 0 Å². The molecule has 0 aromatic rings. The molecule has 0 bridgehead atoms. The number of halogens is 1. The Bertz CT molecular complexity index is 207. The van der Waals surface area contributed by atoms with Crippen molar-refractivity contribution >= 4 is 11.8 Å². The van der Waals surface area contributed by atoms with Crippen molar-refractivity contribution in [2.24, 2.45) is 11.8 Å². The molecular formula is C10H20ClNO3. The van der Waals surface area contributed by atoms with Gasteiger partial charge in [0.05, 0.1) is 13.0 Å². The van der Waals surface area contributed by atoms with Gasteiger partial charge in [-0.05, 0) is 12.3 Å². The minimum atomic E-state index is -0.297. The van der Waals surface area contributed by atoms with E-state index < -0.39 is 0 Å². The molecule has 0 amide bonds. The highest BCUT2D eigenvalue weighted by Crippen LogP contribution is 2.16.